The molecular weight excluding hydrogens is 336 g/mol. The molecule has 1 aromatic carbocycles. The Kier molecular flexibility index (Phi) is 8.64. The fourth-order valence-corrected chi connectivity index (χ4v) is 1.77. The Balaban J connectivity index is 2.14. The average Bonchev–Trinajstić information content (AvgIpc) is 2.57. The molecule has 0 aliphatic carbocycles. The highest BCUT2D eigenvalue weighted by Crippen LogP contribution is 2.21. The number of aryl methyl sites for hydroxylation is 1. The van der Waals surface area contributed by atoms with E-state index in [-0.39, 0.29) is 18.9 Å². The molecule has 0 saturated carbocycles. The Bertz CT molecular complexity index is 592. The summed E-state index contributed by atoms with van der Waals surface area (Å²) >= 11 is 5.92. The number of rotatable bonds is 9. The summed E-state index contributed by atoms with van der Waals surface area (Å²) in [5.41, 5.74) is 0.913. The Labute approximate surface area is 145 Å². The first-order valence-corrected chi connectivity index (χ1v) is 7.82. The van der Waals surface area contributed by atoms with Crippen molar-refractivity contribution in [2.45, 2.75) is 19.8 Å². The van der Waals surface area contributed by atoms with Crippen molar-refractivity contribution in [2.24, 2.45) is 0 Å². The van der Waals surface area contributed by atoms with E-state index in [1.807, 2.05) is 13.0 Å². The van der Waals surface area contributed by atoms with Gasteiger partial charge in [-0.2, -0.15) is 0 Å². The quantitative estimate of drug-likeness (QED) is 0.512. The molecule has 0 fully saturated rings. The van der Waals surface area contributed by atoms with E-state index in [1.54, 1.807) is 12.1 Å². The maximum atomic E-state index is 11.5. The smallest absolute Gasteiger partial charge is 0.306 e. The van der Waals surface area contributed by atoms with Crippen LogP contribution < -0.4 is 15.4 Å². The van der Waals surface area contributed by atoms with E-state index in [1.165, 1.54) is 7.05 Å². The van der Waals surface area contributed by atoms with E-state index in [2.05, 4.69) is 10.6 Å². The van der Waals surface area contributed by atoms with E-state index in [9.17, 15) is 14.4 Å². The van der Waals surface area contributed by atoms with Gasteiger partial charge in [0.25, 0.3) is 5.91 Å². The third-order valence-electron chi connectivity index (χ3n) is 3.01. The van der Waals surface area contributed by atoms with Crippen molar-refractivity contribution in [2.75, 3.05) is 26.8 Å². The molecule has 0 heterocycles. The lowest BCUT2D eigenvalue weighted by Gasteiger charge is -2.08. The minimum atomic E-state index is -0.528. The molecule has 7 nitrogen and oxygen atoms in total. The molecule has 2 amide bonds. The zero-order valence-electron chi connectivity index (χ0n) is 13.7. The van der Waals surface area contributed by atoms with Crippen molar-refractivity contribution in [1.29, 1.82) is 0 Å². The van der Waals surface area contributed by atoms with Gasteiger partial charge in [0, 0.05) is 18.5 Å². The van der Waals surface area contributed by atoms with Gasteiger partial charge >= 0.3 is 5.97 Å². The number of hydrogen-bond donors (Lipinski definition) is 2. The molecule has 0 spiro atoms. The average molecular weight is 357 g/mol. The van der Waals surface area contributed by atoms with Crippen LogP contribution in [0.3, 0.4) is 0 Å². The SMILES string of the molecule is CNC(=O)CNC(=O)COC(=O)CCCOc1ccc(Cl)c(C)c1. The number of ether oxygens (including phenoxy) is 2. The molecule has 0 aliphatic heterocycles. The van der Waals surface area contributed by atoms with Crippen molar-refractivity contribution >= 4 is 29.4 Å². The third-order valence-corrected chi connectivity index (χ3v) is 3.44. The monoisotopic (exact) mass is 356 g/mol. The zero-order valence-corrected chi connectivity index (χ0v) is 14.4. The predicted octanol–water partition coefficient (Wildman–Crippen LogP) is 1.21. The van der Waals surface area contributed by atoms with Gasteiger partial charge in [-0.05, 0) is 37.1 Å². The second-order valence-corrected chi connectivity index (χ2v) is 5.38. The van der Waals surface area contributed by atoms with Crippen molar-refractivity contribution in [3.63, 3.8) is 0 Å². The van der Waals surface area contributed by atoms with Crippen LogP contribution in [-0.4, -0.2) is 44.6 Å². The standard InChI is InChI=1S/C16H21ClN2O5/c1-11-8-12(5-6-13(11)17)23-7-3-4-16(22)24-10-15(21)19-9-14(20)18-2/h5-6,8H,3-4,7,9-10H2,1-2H3,(H,18,20)(H,19,21). The first-order chi connectivity index (χ1) is 11.4. The number of benzene rings is 1. The minimum absolute atomic E-state index is 0.134. The molecule has 0 aliphatic rings. The summed E-state index contributed by atoms with van der Waals surface area (Å²) in [4.78, 5) is 33.8. The van der Waals surface area contributed by atoms with Crippen molar-refractivity contribution in [3.05, 3.63) is 28.8 Å². The first kappa shape index (κ1) is 19.8. The fraction of sp³-hybridized carbons (Fsp3) is 0.438. The van der Waals surface area contributed by atoms with Gasteiger partial charge in [0.1, 0.15) is 5.75 Å². The number of carbonyl (C=O) groups excluding carboxylic acids is 3. The summed E-state index contributed by atoms with van der Waals surface area (Å²) in [5.74, 6) is -0.677. The second-order valence-electron chi connectivity index (χ2n) is 4.97. The number of nitrogens with one attached hydrogen (secondary N) is 2. The summed E-state index contributed by atoms with van der Waals surface area (Å²) < 4.78 is 10.3. The van der Waals surface area contributed by atoms with E-state index in [0.29, 0.717) is 23.8 Å². The van der Waals surface area contributed by atoms with Crippen molar-refractivity contribution in [1.82, 2.24) is 10.6 Å². The van der Waals surface area contributed by atoms with Crippen LogP contribution in [0.25, 0.3) is 0 Å². The highest BCUT2D eigenvalue weighted by molar-refractivity contribution is 6.31. The molecule has 0 atom stereocenters. The molecule has 0 radical (unpaired) electrons. The largest absolute Gasteiger partial charge is 0.494 e. The molecule has 0 aromatic heterocycles. The van der Waals surface area contributed by atoms with Crippen molar-refractivity contribution < 1.29 is 23.9 Å². The lowest BCUT2D eigenvalue weighted by atomic mass is 10.2. The molecule has 0 unspecified atom stereocenters. The molecule has 132 valence electrons. The lowest BCUT2D eigenvalue weighted by molar-refractivity contribution is -0.148. The molecule has 1 rings (SSSR count). The van der Waals surface area contributed by atoms with Crippen LogP contribution >= 0.6 is 11.6 Å². The maximum Gasteiger partial charge on any atom is 0.306 e. The van der Waals surface area contributed by atoms with E-state index >= 15 is 0 Å². The highest BCUT2D eigenvalue weighted by Gasteiger charge is 2.08. The Hall–Kier alpha value is -2.28. The summed E-state index contributed by atoms with van der Waals surface area (Å²) in [6.45, 7) is 1.66. The van der Waals surface area contributed by atoms with Crippen LogP contribution in [0.15, 0.2) is 18.2 Å². The number of esters is 1. The first-order valence-electron chi connectivity index (χ1n) is 7.44. The van der Waals surface area contributed by atoms with Crippen LogP contribution in [0, 0.1) is 6.92 Å². The molecule has 0 saturated heterocycles. The maximum absolute atomic E-state index is 11.5. The molecule has 0 bridgehead atoms. The van der Waals surface area contributed by atoms with E-state index in [4.69, 9.17) is 21.1 Å². The van der Waals surface area contributed by atoms with Gasteiger partial charge in [0.05, 0.1) is 13.2 Å². The predicted molar refractivity (Wildman–Crippen MR) is 89.0 cm³/mol. The zero-order chi connectivity index (χ0) is 17.9. The summed E-state index contributed by atoms with van der Waals surface area (Å²) in [6.07, 6.45) is 0.593. The fourth-order valence-electron chi connectivity index (χ4n) is 1.65. The van der Waals surface area contributed by atoms with Gasteiger partial charge in [-0.3, -0.25) is 14.4 Å². The number of likely N-dealkylation sites (N-methyl/N-ethyl adjacent to an activating group) is 1. The van der Waals surface area contributed by atoms with E-state index in [0.717, 1.165) is 5.56 Å². The van der Waals surface area contributed by atoms with Gasteiger partial charge in [0.15, 0.2) is 6.61 Å². The number of hydrogen-bond acceptors (Lipinski definition) is 5. The second kappa shape index (κ2) is 10.5. The van der Waals surface area contributed by atoms with Crippen LogP contribution in [0.4, 0.5) is 0 Å². The third kappa shape index (κ3) is 7.82. The van der Waals surface area contributed by atoms with Gasteiger partial charge in [0.2, 0.25) is 5.91 Å². The Morgan fingerprint density at radius 2 is 1.96 bits per heavy atom. The molecular formula is C16H21ClN2O5. The van der Waals surface area contributed by atoms with Gasteiger partial charge in [-0.1, -0.05) is 11.6 Å². The van der Waals surface area contributed by atoms with Gasteiger partial charge in [-0.15, -0.1) is 0 Å². The Morgan fingerprint density at radius 1 is 1.21 bits per heavy atom. The molecule has 8 heteroatoms. The summed E-state index contributed by atoms with van der Waals surface area (Å²) in [5, 5.41) is 5.35. The lowest BCUT2D eigenvalue weighted by Crippen LogP contribution is -2.37. The van der Waals surface area contributed by atoms with Crippen LogP contribution in [0.2, 0.25) is 5.02 Å². The number of amides is 2. The van der Waals surface area contributed by atoms with Crippen LogP contribution in [-0.2, 0) is 19.1 Å². The molecule has 2 N–H and O–H groups in total. The summed E-state index contributed by atoms with van der Waals surface area (Å²) in [6, 6.07) is 5.32. The number of halogens is 1. The number of carbonyl (C=O) groups is 3. The van der Waals surface area contributed by atoms with Gasteiger partial charge < -0.3 is 20.1 Å². The van der Waals surface area contributed by atoms with E-state index < -0.39 is 18.5 Å². The minimum Gasteiger partial charge on any atom is -0.494 e. The van der Waals surface area contributed by atoms with Crippen molar-refractivity contribution in [3.8, 4) is 5.75 Å². The Morgan fingerprint density at radius 3 is 2.62 bits per heavy atom. The molecule has 1 aromatic rings. The normalized spacial score (nSPS) is 9.96. The van der Waals surface area contributed by atoms with Gasteiger partial charge in [-0.25, -0.2) is 0 Å². The molecule has 24 heavy (non-hydrogen) atoms. The van der Waals surface area contributed by atoms with Crippen LogP contribution in [0.5, 0.6) is 5.75 Å². The summed E-state index contributed by atoms with van der Waals surface area (Å²) in [7, 11) is 1.46. The highest BCUT2D eigenvalue weighted by atomic mass is 35.5. The topological polar surface area (TPSA) is 93.7 Å². The van der Waals surface area contributed by atoms with Crippen LogP contribution in [0.1, 0.15) is 18.4 Å².